The second kappa shape index (κ2) is 7.20. The maximum atomic E-state index is 11.9. The number of carbonyl (C=O) groups excluding carboxylic acids is 1. The summed E-state index contributed by atoms with van der Waals surface area (Å²) in [6, 6.07) is 11.7. The molecule has 6 nitrogen and oxygen atoms in total. The molecule has 0 aliphatic carbocycles. The smallest absolute Gasteiger partial charge is 0.222 e. The first kappa shape index (κ1) is 14.7. The fraction of sp³-hybridized carbons (Fsp3) is 0.375. The van der Waals surface area contributed by atoms with Crippen molar-refractivity contribution in [2.24, 2.45) is 0 Å². The molecule has 2 heterocycles. The van der Waals surface area contributed by atoms with Crippen molar-refractivity contribution < 1.29 is 14.1 Å². The Kier molecular flexibility index (Phi) is 4.82. The molecule has 1 fully saturated rings. The van der Waals surface area contributed by atoms with Crippen molar-refractivity contribution in [1.82, 2.24) is 15.8 Å². The molecule has 1 saturated heterocycles. The first-order chi connectivity index (χ1) is 10.8. The largest absolute Gasteiger partial charge is 0.378 e. The fourth-order valence-corrected chi connectivity index (χ4v) is 2.37. The van der Waals surface area contributed by atoms with Crippen molar-refractivity contribution in [3.63, 3.8) is 0 Å². The molecule has 116 valence electrons. The van der Waals surface area contributed by atoms with Gasteiger partial charge in [-0.25, -0.2) is 0 Å². The molecule has 22 heavy (non-hydrogen) atoms. The number of hydrogen-bond donors (Lipinski definition) is 2. The molecule has 1 atom stereocenters. The lowest BCUT2D eigenvalue weighted by atomic mass is 10.1. The Morgan fingerprint density at radius 1 is 1.36 bits per heavy atom. The number of carbonyl (C=O) groups is 1. The van der Waals surface area contributed by atoms with Crippen LogP contribution in [0.4, 0.5) is 0 Å². The van der Waals surface area contributed by atoms with Crippen molar-refractivity contribution in [2.45, 2.75) is 19.0 Å². The van der Waals surface area contributed by atoms with Crippen LogP contribution >= 0.6 is 0 Å². The van der Waals surface area contributed by atoms with Crippen LogP contribution in [0.25, 0.3) is 11.3 Å². The topological polar surface area (TPSA) is 76.4 Å². The number of nitrogens with one attached hydrogen (secondary N) is 2. The molecule has 0 radical (unpaired) electrons. The minimum atomic E-state index is -0.0272. The van der Waals surface area contributed by atoms with E-state index in [-0.39, 0.29) is 11.9 Å². The molecular weight excluding hydrogens is 282 g/mol. The normalized spacial score (nSPS) is 18.1. The number of rotatable bonds is 5. The minimum absolute atomic E-state index is 0.0272. The monoisotopic (exact) mass is 301 g/mol. The Hall–Kier alpha value is -2.18. The fourth-order valence-electron chi connectivity index (χ4n) is 2.37. The zero-order chi connectivity index (χ0) is 15.2. The molecule has 1 aliphatic rings. The summed E-state index contributed by atoms with van der Waals surface area (Å²) in [5.74, 6) is 0.612. The molecule has 6 heteroatoms. The molecule has 1 aliphatic heterocycles. The Morgan fingerprint density at radius 2 is 2.23 bits per heavy atom. The van der Waals surface area contributed by atoms with Gasteiger partial charge in [-0.15, -0.1) is 0 Å². The van der Waals surface area contributed by atoms with Gasteiger partial charge in [0.15, 0.2) is 5.76 Å². The molecule has 2 aromatic rings. The average Bonchev–Trinajstić information content (AvgIpc) is 3.04. The molecular formula is C16H19N3O3. The van der Waals surface area contributed by atoms with E-state index in [0.29, 0.717) is 31.9 Å². The molecule has 1 aromatic heterocycles. The highest BCUT2D eigenvalue weighted by Crippen LogP contribution is 2.18. The van der Waals surface area contributed by atoms with E-state index in [1.54, 1.807) is 0 Å². The molecule has 0 spiro atoms. The standard InChI is InChI=1S/C16H19N3O3/c20-16(8-13-11-21-7-6-17-13)18-10-14-9-15(19-22-14)12-4-2-1-3-5-12/h1-5,9,13,17H,6-8,10-11H2,(H,18,20). The van der Waals surface area contributed by atoms with Crippen LogP contribution in [0.2, 0.25) is 0 Å². The van der Waals surface area contributed by atoms with Gasteiger partial charge in [0.2, 0.25) is 5.91 Å². The van der Waals surface area contributed by atoms with Crippen molar-refractivity contribution in [3.05, 3.63) is 42.2 Å². The van der Waals surface area contributed by atoms with Crippen LogP contribution in [0.5, 0.6) is 0 Å². The molecule has 1 amide bonds. The number of amides is 1. The highest BCUT2D eigenvalue weighted by molar-refractivity contribution is 5.76. The maximum absolute atomic E-state index is 11.9. The summed E-state index contributed by atoms with van der Waals surface area (Å²) in [6.07, 6.45) is 0.402. The van der Waals surface area contributed by atoms with Crippen LogP contribution in [-0.4, -0.2) is 36.9 Å². The number of benzene rings is 1. The predicted octanol–water partition coefficient (Wildman–Crippen LogP) is 1.34. The van der Waals surface area contributed by atoms with Crippen LogP contribution in [0, 0.1) is 0 Å². The third kappa shape index (κ3) is 3.93. The Bertz CT molecular complexity index is 606. The molecule has 3 rings (SSSR count). The molecule has 1 aromatic carbocycles. The third-order valence-corrected chi connectivity index (χ3v) is 3.52. The summed E-state index contributed by atoms with van der Waals surface area (Å²) in [5, 5.41) is 10.1. The van der Waals surface area contributed by atoms with E-state index >= 15 is 0 Å². The van der Waals surface area contributed by atoms with Crippen LogP contribution in [0.1, 0.15) is 12.2 Å². The second-order valence-electron chi connectivity index (χ2n) is 5.25. The van der Waals surface area contributed by atoms with E-state index in [4.69, 9.17) is 9.26 Å². The quantitative estimate of drug-likeness (QED) is 0.871. The van der Waals surface area contributed by atoms with Crippen LogP contribution < -0.4 is 10.6 Å². The Balaban J connectivity index is 1.49. The lowest BCUT2D eigenvalue weighted by Gasteiger charge is -2.23. The highest BCUT2D eigenvalue weighted by Gasteiger charge is 2.17. The summed E-state index contributed by atoms with van der Waals surface area (Å²) in [5.41, 5.74) is 1.76. The van der Waals surface area contributed by atoms with Gasteiger partial charge in [-0.3, -0.25) is 4.79 Å². The summed E-state index contributed by atoms with van der Waals surface area (Å²) >= 11 is 0. The first-order valence-corrected chi connectivity index (χ1v) is 7.40. The van der Waals surface area contributed by atoms with Gasteiger partial charge in [-0.2, -0.15) is 0 Å². The van der Waals surface area contributed by atoms with Crippen LogP contribution in [-0.2, 0) is 16.1 Å². The zero-order valence-corrected chi connectivity index (χ0v) is 12.2. The molecule has 0 saturated carbocycles. The predicted molar refractivity (Wildman–Crippen MR) is 81.0 cm³/mol. The van der Waals surface area contributed by atoms with Crippen molar-refractivity contribution in [2.75, 3.05) is 19.8 Å². The van der Waals surface area contributed by atoms with E-state index in [1.807, 2.05) is 36.4 Å². The molecule has 0 bridgehead atoms. The van der Waals surface area contributed by atoms with Crippen molar-refractivity contribution in [1.29, 1.82) is 0 Å². The lowest BCUT2D eigenvalue weighted by molar-refractivity contribution is -0.122. The Morgan fingerprint density at radius 3 is 3.00 bits per heavy atom. The number of nitrogens with zero attached hydrogens (tertiary/aromatic N) is 1. The van der Waals surface area contributed by atoms with E-state index in [2.05, 4.69) is 15.8 Å². The van der Waals surface area contributed by atoms with Gasteiger partial charge in [0, 0.05) is 30.6 Å². The van der Waals surface area contributed by atoms with Gasteiger partial charge in [-0.05, 0) is 0 Å². The SMILES string of the molecule is O=C(CC1COCCN1)NCc1cc(-c2ccccc2)no1. The number of morpholine rings is 1. The van der Waals surface area contributed by atoms with Gasteiger partial charge in [-0.1, -0.05) is 35.5 Å². The summed E-state index contributed by atoms with van der Waals surface area (Å²) in [6.45, 7) is 2.42. The summed E-state index contributed by atoms with van der Waals surface area (Å²) in [4.78, 5) is 11.9. The van der Waals surface area contributed by atoms with Gasteiger partial charge in [0.25, 0.3) is 0 Å². The molecule has 2 N–H and O–H groups in total. The lowest BCUT2D eigenvalue weighted by Crippen LogP contribution is -2.44. The van der Waals surface area contributed by atoms with Crippen molar-refractivity contribution >= 4 is 5.91 Å². The highest BCUT2D eigenvalue weighted by atomic mass is 16.5. The number of ether oxygens (including phenoxy) is 1. The van der Waals surface area contributed by atoms with Crippen molar-refractivity contribution in [3.8, 4) is 11.3 Å². The second-order valence-corrected chi connectivity index (χ2v) is 5.25. The Labute approximate surface area is 128 Å². The van der Waals surface area contributed by atoms with E-state index in [1.165, 1.54) is 0 Å². The number of aromatic nitrogens is 1. The zero-order valence-electron chi connectivity index (χ0n) is 12.2. The van der Waals surface area contributed by atoms with Crippen LogP contribution in [0.15, 0.2) is 40.9 Å². The molecule has 1 unspecified atom stereocenters. The van der Waals surface area contributed by atoms with Crippen LogP contribution in [0.3, 0.4) is 0 Å². The summed E-state index contributed by atoms with van der Waals surface area (Å²) in [7, 11) is 0. The van der Waals surface area contributed by atoms with E-state index in [0.717, 1.165) is 17.8 Å². The minimum Gasteiger partial charge on any atom is -0.378 e. The van der Waals surface area contributed by atoms with E-state index in [9.17, 15) is 4.79 Å². The van der Waals surface area contributed by atoms with Gasteiger partial charge >= 0.3 is 0 Å². The first-order valence-electron chi connectivity index (χ1n) is 7.40. The average molecular weight is 301 g/mol. The van der Waals surface area contributed by atoms with Gasteiger partial charge < -0.3 is 19.9 Å². The maximum Gasteiger partial charge on any atom is 0.222 e. The van der Waals surface area contributed by atoms with E-state index < -0.39 is 0 Å². The number of hydrogen-bond acceptors (Lipinski definition) is 5. The summed E-state index contributed by atoms with van der Waals surface area (Å²) < 4.78 is 10.6. The van der Waals surface area contributed by atoms with Gasteiger partial charge in [0.1, 0.15) is 5.69 Å². The van der Waals surface area contributed by atoms with Gasteiger partial charge in [0.05, 0.1) is 19.8 Å². The third-order valence-electron chi connectivity index (χ3n) is 3.52.